The van der Waals surface area contributed by atoms with Gasteiger partial charge >= 0.3 is 5.97 Å². The van der Waals surface area contributed by atoms with Gasteiger partial charge < -0.3 is 9.63 Å². The number of carbonyl (C=O) groups is 1. The highest BCUT2D eigenvalue weighted by atomic mass is 16.5. The molecule has 5 heteroatoms. The summed E-state index contributed by atoms with van der Waals surface area (Å²) in [4.78, 5) is 16.0. The Hall–Kier alpha value is -1.39. The maximum atomic E-state index is 11.5. The molecule has 0 bridgehead atoms. The third-order valence-corrected chi connectivity index (χ3v) is 5.25. The topological polar surface area (TPSA) is 76.2 Å². The van der Waals surface area contributed by atoms with Gasteiger partial charge in [-0.15, -0.1) is 0 Å². The van der Waals surface area contributed by atoms with Crippen LogP contribution >= 0.6 is 0 Å². The average Bonchev–Trinajstić information content (AvgIpc) is 3.06. The summed E-state index contributed by atoms with van der Waals surface area (Å²) < 4.78 is 5.32. The van der Waals surface area contributed by atoms with E-state index in [9.17, 15) is 9.90 Å². The highest BCUT2D eigenvalue weighted by Gasteiger charge is 2.39. The van der Waals surface area contributed by atoms with E-state index in [1.165, 1.54) is 12.8 Å². The molecule has 21 heavy (non-hydrogen) atoms. The summed E-state index contributed by atoms with van der Waals surface area (Å²) >= 11 is 0. The number of hydrogen-bond acceptors (Lipinski definition) is 4. The number of carboxylic acid groups (broad SMARTS) is 1. The van der Waals surface area contributed by atoms with Gasteiger partial charge in [-0.1, -0.05) is 32.3 Å². The minimum absolute atomic E-state index is 0.00121. The Morgan fingerprint density at radius 2 is 2.19 bits per heavy atom. The number of aliphatic carboxylic acids is 1. The molecule has 1 aromatic heterocycles. The Kier molecular flexibility index (Phi) is 4.69. The first-order valence-electron chi connectivity index (χ1n) is 7.92. The minimum atomic E-state index is -0.870. The second kappa shape index (κ2) is 6.16. The number of rotatable bonds is 6. The zero-order chi connectivity index (χ0) is 15.6. The second-order valence-corrected chi connectivity index (χ2v) is 6.88. The van der Waals surface area contributed by atoms with E-state index in [0.29, 0.717) is 11.8 Å². The van der Waals surface area contributed by atoms with E-state index in [4.69, 9.17) is 4.52 Å². The molecule has 5 nitrogen and oxygen atoms in total. The van der Waals surface area contributed by atoms with Crippen molar-refractivity contribution >= 4 is 5.97 Å². The smallest absolute Gasteiger partial charge is 0.310 e. The summed E-state index contributed by atoms with van der Waals surface area (Å²) in [7, 11) is 0. The second-order valence-electron chi connectivity index (χ2n) is 6.88. The Morgan fingerprint density at radius 3 is 2.71 bits per heavy atom. The van der Waals surface area contributed by atoms with Crippen molar-refractivity contribution in [3.63, 3.8) is 0 Å². The molecule has 1 N–H and O–H groups in total. The van der Waals surface area contributed by atoms with Crippen LogP contribution in [0.3, 0.4) is 0 Å². The Labute approximate surface area is 126 Å². The molecule has 0 radical (unpaired) electrons. The van der Waals surface area contributed by atoms with Crippen LogP contribution in [0.5, 0.6) is 0 Å². The molecule has 0 aromatic carbocycles. The first-order chi connectivity index (χ1) is 9.86. The van der Waals surface area contributed by atoms with Gasteiger partial charge in [0.15, 0.2) is 5.82 Å². The third-order valence-electron chi connectivity index (χ3n) is 5.25. The van der Waals surface area contributed by atoms with Crippen LogP contribution in [-0.2, 0) is 11.2 Å². The van der Waals surface area contributed by atoms with E-state index < -0.39 is 11.4 Å². The van der Waals surface area contributed by atoms with Crippen LogP contribution in [0.15, 0.2) is 4.52 Å². The summed E-state index contributed by atoms with van der Waals surface area (Å²) in [5.41, 5.74) is -0.870. The van der Waals surface area contributed by atoms with E-state index in [1.807, 2.05) is 13.8 Å². The lowest BCUT2D eigenvalue weighted by molar-refractivity contribution is -0.150. The van der Waals surface area contributed by atoms with Crippen LogP contribution in [0.2, 0.25) is 0 Å². The molecule has 1 fully saturated rings. The lowest BCUT2D eigenvalue weighted by Crippen LogP contribution is -2.35. The molecular weight excluding hydrogens is 268 g/mol. The Bertz CT molecular complexity index is 497. The van der Waals surface area contributed by atoms with Crippen molar-refractivity contribution in [2.24, 2.45) is 17.3 Å². The van der Waals surface area contributed by atoms with Crippen molar-refractivity contribution in [2.75, 3.05) is 0 Å². The standard InChI is InChI=1S/C16H26N2O3/c1-5-11-6-7-12(8-11)14-17-13(21-18-14)9-16(4,10(2)3)15(19)20/h10-12H,5-9H2,1-4H3,(H,19,20). The molecule has 1 saturated carbocycles. The fourth-order valence-corrected chi connectivity index (χ4v) is 3.03. The zero-order valence-corrected chi connectivity index (χ0v) is 13.4. The van der Waals surface area contributed by atoms with Gasteiger partial charge in [-0.25, -0.2) is 0 Å². The number of nitrogens with zero attached hydrogens (tertiary/aromatic N) is 2. The largest absolute Gasteiger partial charge is 0.481 e. The van der Waals surface area contributed by atoms with Crippen LogP contribution in [0, 0.1) is 17.3 Å². The molecule has 0 amide bonds. The van der Waals surface area contributed by atoms with E-state index in [1.54, 1.807) is 6.92 Å². The normalized spacial score (nSPS) is 25.2. The van der Waals surface area contributed by atoms with Crippen molar-refractivity contribution in [1.29, 1.82) is 0 Å². The summed E-state index contributed by atoms with van der Waals surface area (Å²) in [6.45, 7) is 7.78. The molecule has 0 spiro atoms. The van der Waals surface area contributed by atoms with Crippen LogP contribution < -0.4 is 0 Å². The maximum absolute atomic E-state index is 11.5. The predicted molar refractivity (Wildman–Crippen MR) is 79.0 cm³/mol. The molecule has 3 unspecified atom stereocenters. The van der Waals surface area contributed by atoms with Gasteiger partial charge in [0.1, 0.15) is 0 Å². The van der Waals surface area contributed by atoms with Crippen LogP contribution in [0.4, 0.5) is 0 Å². The fourth-order valence-electron chi connectivity index (χ4n) is 3.03. The lowest BCUT2D eigenvalue weighted by atomic mass is 9.76. The van der Waals surface area contributed by atoms with Gasteiger partial charge in [0.2, 0.25) is 5.89 Å². The van der Waals surface area contributed by atoms with Crippen LogP contribution in [0.1, 0.15) is 71.0 Å². The van der Waals surface area contributed by atoms with E-state index in [-0.39, 0.29) is 12.3 Å². The van der Waals surface area contributed by atoms with E-state index in [2.05, 4.69) is 17.1 Å². The number of carboxylic acids is 1. The first-order valence-corrected chi connectivity index (χ1v) is 7.92. The Balaban J connectivity index is 2.08. The summed E-state index contributed by atoms with van der Waals surface area (Å²) in [5, 5.41) is 13.6. The first kappa shape index (κ1) is 16.0. The highest BCUT2D eigenvalue weighted by Crippen LogP contribution is 2.39. The molecule has 1 heterocycles. The molecule has 1 aromatic rings. The maximum Gasteiger partial charge on any atom is 0.310 e. The van der Waals surface area contributed by atoms with Crippen molar-refractivity contribution in [3.8, 4) is 0 Å². The summed E-state index contributed by atoms with van der Waals surface area (Å²) in [6.07, 6.45) is 4.94. The van der Waals surface area contributed by atoms with Crippen molar-refractivity contribution in [1.82, 2.24) is 10.1 Å². The summed E-state index contributed by atoms with van der Waals surface area (Å²) in [5.74, 6) is 1.53. The third kappa shape index (κ3) is 3.27. The van der Waals surface area contributed by atoms with Crippen LogP contribution in [-0.4, -0.2) is 21.2 Å². The van der Waals surface area contributed by atoms with Gasteiger partial charge in [0.25, 0.3) is 0 Å². The van der Waals surface area contributed by atoms with Gasteiger partial charge in [0, 0.05) is 12.3 Å². The molecule has 0 saturated heterocycles. The Morgan fingerprint density at radius 1 is 1.48 bits per heavy atom. The number of hydrogen-bond donors (Lipinski definition) is 1. The predicted octanol–water partition coefficient (Wildman–Crippen LogP) is 3.65. The molecule has 118 valence electrons. The zero-order valence-electron chi connectivity index (χ0n) is 13.4. The monoisotopic (exact) mass is 294 g/mol. The molecule has 2 rings (SSSR count). The van der Waals surface area contributed by atoms with Crippen molar-refractivity contribution < 1.29 is 14.4 Å². The molecule has 1 aliphatic rings. The van der Waals surface area contributed by atoms with E-state index in [0.717, 1.165) is 24.6 Å². The van der Waals surface area contributed by atoms with Gasteiger partial charge in [-0.2, -0.15) is 4.98 Å². The number of aromatic nitrogens is 2. The molecular formula is C16H26N2O3. The van der Waals surface area contributed by atoms with Gasteiger partial charge in [0.05, 0.1) is 5.41 Å². The minimum Gasteiger partial charge on any atom is -0.481 e. The lowest BCUT2D eigenvalue weighted by Gasteiger charge is -2.27. The van der Waals surface area contributed by atoms with Crippen LogP contribution in [0.25, 0.3) is 0 Å². The molecule has 0 aliphatic heterocycles. The molecule has 1 aliphatic carbocycles. The van der Waals surface area contributed by atoms with Gasteiger partial charge in [-0.05, 0) is 38.0 Å². The average molecular weight is 294 g/mol. The van der Waals surface area contributed by atoms with E-state index >= 15 is 0 Å². The van der Waals surface area contributed by atoms with Gasteiger partial charge in [-0.3, -0.25) is 4.79 Å². The molecule has 3 atom stereocenters. The van der Waals surface area contributed by atoms with Crippen molar-refractivity contribution in [3.05, 3.63) is 11.7 Å². The quantitative estimate of drug-likeness (QED) is 0.866. The SMILES string of the molecule is CCC1CCC(c2noc(CC(C)(C(=O)O)C(C)C)n2)C1. The summed E-state index contributed by atoms with van der Waals surface area (Å²) in [6, 6.07) is 0. The fraction of sp³-hybridized carbons (Fsp3) is 0.812. The highest BCUT2D eigenvalue weighted by molar-refractivity contribution is 5.74. The van der Waals surface area contributed by atoms with Crippen molar-refractivity contribution in [2.45, 2.75) is 65.7 Å².